The van der Waals surface area contributed by atoms with Gasteiger partial charge < -0.3 is 0 Å². The zero-order valence-electron chi connectivity index (χ0n) is 16.4. The Kier molecular flexibility index (Phi) is 7.24. The number of hydrogen-bond acceptors (Lipinski definition) is 5. The lowest BCUT2D eigenvalue weighted by Gasteiger charge is -2.15. The minimum absolute atomic E-state index is 0.0813. The van der Waals surface area contributed by atoms with Crippen molar-refractivity contribution in [1.82, 2.24) is 15.6 Å². The molecule has 0 aliphatic heterocycles. The molecule has 29 heavy (non-hydrogen) atoms. The molecule has 0 aromatic heterocycles. The second-order valence-corrected chi connectivity index (χ2v) is 8.13. The Morgan fingerprint density at radius 3 is 1.97 bits per heavy atom. The van der Waals surface area contributed by atoms with E-state index in [1.165, 1.54) is 38.1 Å². The molecule has 0 fully saturated rings. The molecule has 0 aliphatic carbocycles. The SMILES string of the molecule is CCc1ccc(C(=O)NNC(=O)[C@H](C)NS(=O)(=O)c2ccc(C(C)=O)cc2)cc1. The highest BCUT2D eigenvalue weighted by atomic mass is 32.2. The summed E-state index contributed by atoms with van der Waals surface area (Å²) in [5.41, 5.74) is 6.26. The Labute approximate surface area is 169 Å². The summed E-state index contributed by atoms with van der Waals surface area (Å²) in [6.45, 7) is 4.72. The minimum Gasteiger partial charge on any atom is -0.295 e. The van der Waals surface area contributed by atoms with E-state index in [9.17, 15) is 22.8 Å². The van der Waals surface area contributed by atoms with Gasteiger partial charge in [-0.2, -0.15) is 4.72 Å². The van der Waals surface area contributed by atoms with Gasteiger partial charge >= 0.3 is 0 Å². The van der Waals surface area contributed by atoms with E-state index >= 15 is 0 Å². The molecule has 2 rings (SSSR count). The lowest BCUT2D eigenvalue weighted by Crippen LogP contribution is -2.51. The van der Waals surface area contributed by atoms with Gasteiger partial charge in [-0.15, -0.1) is 0 Å². The summed E-state index contributed by atoms with van der Waals surface area (Å²) < 4.78 is 27.0. The molecule has 0 saturated carbocycles. The van der Waals surface area contributed by atoms with Crippen LogP contribution in [0.3, 0.4) is 0 Å². The highest BCUT2D eigenvalue weighted by Crippen LogP contribution is 2.11. The zero-order chi connectivity index (χ0) is 21.6. The normalized spacial score (nSPS) is 12.1. The van der Waals surface area contributed by atoms with Crippen LogP contribution in [0, 0.1) is 0 Å². The number of hydrazine groups is 1. The molecule has 0 bridgehead atoms. The summed E-state index contributed by atoms with van der Waals surface area (Å²) in [5, 5.41) is 0. The molecule has 0 aliphatic rings. The Morgan fingerprint density at radius 1 is 0.897 bits per heavy atom. The number of nitrogens with one attached hydrogen (secondary N) is 3. The molecule has 2 aromatic rings. The number of hydrogen-bond donors (Lipinski definition) is 3. The van der Waals surface area contributed by atoms with Crippen LogP contribution in [0.4, 0.5) is 0 Å². The molecule has 154 valence electrons. The van der Waals surface area contributed by atoms with Crippen molar-refractivity contribution in [3.63, 3.8) is 0 Å². The van der Waals surface area contributed by atoms with Crippen LogP contribution in [0.25, 0.3) is 0 Å². The Morgan fingerprint density at radius 2 is 1.45 bits per heavy atom. The van der Waals surface area contributed by atoms with Gasteiger partial charge in [0.15, 0.2) is 5.78 Å². The number of Topliss-reactive ketones (excluding diaryl/α,β-unsaturated/α-hetero) is 1. The van der Waals surface area contributed by atoms with Crippen molar-refractivity contribution in [2.24, 2.45) is 0 Å². The fraction of sp³-hybridized carbons (Fsp3) is 0.250. The van der Waals surface area contributed by atoms with Crippen LogP contribution in [0.5, 0.6) is 0 Å². The van der Waals surface area contributed by atoms with Crippen LogP contribution < -0.4 is 15.6 Å². The van der Waals surface area contributed by atoms with Gasteiger partial charge in [-0.3, -0.25) is 25.2 Å². The van der Waals surface area contributed by atoms with Crippen LogP contribution >= 0.6 is 0 Å². The lowest BCUT2D eigenvalue weighted by atomic mass is 10.1. The van der Waals surface area contributed by atoms with Crippen LogP contribution in [0.15, 0.2) is 53.4 Å². The third-order valence-corrected chi connectivity index (χ3v) is 5.78. The van der Waals surface area contributed by atoms with Gasteiger partial charge in [0, 0.05) is 11.1 Å². The largest absolute Gasteiger partial charge is 0.295 e. The van der Waals surface area contributed by atoms with Gasteiger partial charge in [0.1, 0.15) is 0 Å². The van der Waals surface area contributed by atoms with E-state index in [2.05, 4.69) is 15.6 Å². The monoisotopic (exact) mass is 417 g/mol. The fourth-order valence-electron chi connectivity index (χ4n) is 2.41. The van der Waals surface area contributed by atoms with Gasteiger partial charge in [-0.25, -0.2) is 8.42 Å². The van der Waals surface area contributed by atoms with Crippen molar-refractivity contribution in [3.8, 4) is 0 Å². The highest BCUT2D eigenvalue weighted by Gasteiger charge is 2.22. The van der Waals surface area contributed by atoms with E-state index in [1.54, 1.807) is 12.1 Å². The van der Waals surface area contributed by atoms with Crippen molar-refractivity contribution in [3.05, 3.63) is 65.2 Å². The molecule has 0 unspecified atom stereocenters. The van der Waals surface area contributed by atoms with Crippen molar-refractivity contribution in [2.75, 3.05) is 0 Å². The second-order valence-electron chi connectivity index (χ2n) is 6.42. The number of carbonyl (C=O) groups is 3. The molecule has 2 amide bonds. The molecular weight excluding hydrogens is 394 g/mol. The summed E-state index contributed by atoms with van der Waals surface area (Å²) in [4.78, 5) is 35.4. The van der Waals surface area contributed by atoms with E-state index in [4.69, 9.17) is 0 Å². The number of benzene rings is 2. The van der Waals surface area contributed by atoms with E-state index in [-0.39, 0.29) is 10.7 Å². The zero-order valence-corrected chi connectivity index (χ0v) is 17.2. The average molecular weight is 417 g/mol. The summed E-state index contributed by atoms with van der Waals surface area (Å²) in [5.74, 6) is -1.43. The standard InChI is InChI=1S/C20H23N3O5S/c1-4-15-5-7-17(8-6-15)20(26)22-21-19(25)13(2)23-29(27,28)18-11-9-16(10-12-18)14(3)24/h5-13,23H,4H2,1-3H3,(H,21,25)(H,22,26)/t13-/m0/s1. The first-order chi connectivity index (χ1) is 13.6. The van der Waals surface area contributed by atoms with Crippen LogP contribution in [-0.4, -0.2) is 32.1 Å². The first-order valence-corrected chi connectivity index (χ1v) is 10.4. The molecule has 8 nitrogen and oxygen atoms in total. The van der Waals surface area contributed by atoms with Gasteiger partial charge in [-0.1, -0.05) is 31.2 Å². The summed E-state index contributed by atoms with van der Waals surface area (Å²) in [6, 6.07) is 11.1. The predicted octanol–water partition coefficient (Wildman–Crippen LogP) is 1.58. The summed E-state index contributed by atoms with van der Waals surface area (Å²) in [6.07, 6.45) is 0.841. The average Bonchev–Trinajstić information content (AvgIpc) is 2.71. The Balaban J connectivity index is 1.94. The highest BCUT2D eigenvalue weighted by molar-refractivity contribution is 7.89. The molecule has 0 heterocycles. The molecule has 0 saturated heterocycles. The number of amides is 2. The molecule has 0 spiro atoms. The number of sulfonamides is 1. The van der Waals surface area contributed by atoms with Gasteiger partial charge in [0.25, 0.3) is 11.8 Å². The molecule has 0 radical (unpaired) electrons. The Bertz CT molecular complexity index is 999. The first-order valence-electron chi connectivity index (χ1n) is 8.96. The van der Waals surface area contributed by atoms with E-state index in [1.807, 2.05) is 19.1 Å². The number of rotatable bonds is 7. The number of aryl methyl sites for hydroxylation is 1. The molecule has 1 atom stereocenters. The maximum absolute atomic E-state index is 12.4. The molecule has 3 N–H and O–H groups in total. The van der Waals surface area contributed by atoms with Crippen LogP contribution in [0.1, 0.15) is 47.1 Å². The van der Waals surface area contributed by atoms with E-state index in [0.717, 1.165) is 12.0 Å². The van der Waals surface area contributed by atoms with E-state index in [0.29, 0.717) is 11.1 Å². The van der Waals surface area contributed by atoms with Crippen molar-refractivity contribution in [2.45, 2.75) is 38.1 Å². The van der Waals surface area contributed by atoms with Crippen molar-refractivity contribution in [1.29, 1.82) is 0 Å². The number of carbonyl (C=O) groups excluding carboxylic acids is 3. The molecule has 2 aromatic carbocycles. The first kappa shape index (κ1) is 22.3. The predicted molar refractivity (Wildman–Crippen MR) is 108 cm³/mol. The van der Waals surface area contributed by atoms with Gasteiger partial charge in [0.2, 0.25) is 10.0 Å². The maximum atomic E-state index is 12.4. The quantitative estimate of drug-likeness (QED) is 0.466. The molecular formula is C20H23N3O5S. The second kappa shape index (κ2) is 9.44. The van der Waals surface area contributed by atoms with Crippen LogP contribution in [-0.2, 0) is 21.2 Å². The van der Waals surface area contributed by atoms with E-state index < -0.39 is 27.9 Å². The minimum atomic E-state index is -3.98. The van der Waals surface area contributed by atoms with Crippen LogP contribution in [0.2, 0.25) is 0 Å². The molecule has 9 heteroatoms. The van der Waals surface area contributed by atoms with Crippen molar-refractivity contribution < 1.29 is 22.8 Å². The van der Waals surface area contributed by atoms with Gasteiger partial charge in [-0.05, 0) is 50.1 Å². The summed E-state index contributed by atoms with van der Waals surface area (Å²) in [7, 11) is -3.98. The van der Waals surface area contributed by atoms with Gasteiger partial charge in [0.05, 0.1) is 10.9 Å². The topological polar surface area (TPSA) is 121 Å². The summed E-state index contributed by atoms with van der Waals surface area (Å²) >= 11 is 0. The third kappa shape index (κ3) is 5.97. The Hall–Kier alpha value is -3.04. The smallest absolute Gasteiger partial charge is 0.269 e. The fourth-order valence-corrected chi connectivity index (χ4v) is 3.62. The maximum Gasteiger partial charge on any atom is 0.269 e. The number of ketones is 1. The lowest BCUT2D eigenvalue weighted by molar-refractivity contribution is -0.123. The third-order valence-electron chi connectivity index (χ3n) is 4.22. The van der Waals surface area contributed by atoms with Crippen molar-refractivity contribution >= 4 is 27.6 Å².